The topological polar surface area (TPSA) is 112 Å². The molecule has 2 rings (SSSR count). The Morgan fingerprint density at radius 3 is 2.75 bits per heavy atom. The summed E-state index contributed by atoms with van der Waals surface area (Å²) < 4.78 is 0. The Hall–Kier alpha value is -2.67. The van der Waals surface area contributed by atoms with Gasteiger partial charge in [0.1, 0.15) is 0 Å². The van der Waals surface area contributed by atoms with E-state index in [2.05, 4.69) is 15.6 Å². The number of aliphatic hydroxyl groups is 1. The first-order valence-electron chi connectivity index (χ1n) is 5.86. The number of aromatic nitrogens is 1. The van der Waals surface area contributed by atoms with Gasteiger partial charge in [-0.05, 0) is 12.1 Å². The SMILES string of the molecule is O=C(Nc1cnc2ccccc2c1)NC(CO)C(=O)O. The maximum absolute atomic E-state index is 11.6. The first kappa shape index (κ1) is 13.8. The highest BCUT2D eigenvalue weighted by molar-refractivity contribution is 5.94. The Labute approximate surface area is 114 Å². The number of carboxylic acid groups (broad SMARTS) is 1. The van der Waals surface area contributed by atoms with Crippen LogP contribution in [0.4, 0.5) is 10.5 Å². The van der Waals surface area contributed by atoms with Gasteiger partial charge in [-0.25, -0.2) is 9.59 Å². The van der Waals surface area contributed by atoms with Crippen LogP contribution in [-0.4, -0.2) is 39.8 Å². The van der Waals surface area contributed by atoms with Gasteiger partial charge in [0.05, 0.1) is 24.0 Å². The van der Waals surface area contributed by atoms with Crippen molar-refractivity contribution in [3.8, 4) is 0 Å². The van der Waals surface area contributed by atoms with Crippen LogP contribution in [0.25, 0.3) is 10.9 Å². The van der Waals surface area contributed by atoms with E-state index < -0.39 is 24.6 Å². The molecule has 104 valence electrons. The van der Waals surface area contributed by atoms with Crippen molar-refractivity contribution >= 4 is 28.6 Å². The van der Waals surface area contributed by atoms with E-state index in [4.69, 9.17) is 10.2 Å². The van der Waals surface area contributed by atoms with Gasteiger partial charge in [-0.15, -0.1) is 0 Å². The van der Waals surface area contributed by atoms with Crippen molar-refractivity contribution in [3.05, 3.63) is 36.5 Å². The molecule has 1 aromatic carbocycles. The van der Waals surface area contributed by atoms with Crippen LogP contribution >= 0.6 is 0 Å². The molecule has 0 aliphatic rings. The van der Waals surface area contributed by atoms with Crippen molar-refractivity contribution in [1.82, 2.24) is 10.3 Å². The third kappa shape index (κ3) is 3.21. The van der Waals surface area contributed by atoms with Gasteiger partial charge < -0.3 is 20.8 Å². The third-order valence-corrected chi connectivity index (χ3v) is 2.63. The molecule has 7 nitrogen and oxygen atoms in total. The number of hydrogen-bond acceptors (Lipinski definition) is 4. The van der Waals surface area contributed by atoms with E-state index in [1.807, 2.05) is 24.3 Å². The smallest absolute Gasteiger partial charge is 0.328 e. The summed E-state index contributed by atoms with van der Waals surface area (Å²) in [6.45, 7) is -0.682. The van der Waals surface area contributed by atoms with Crippen molar-refractivity contribution in [2.24, 2.45) is 0 Å². The highest BCUT2D eigenvalue weighted by Gasteiger charge is 2.18. The second-order valence-corrected chi connectivity index (χ2v) is 4.09. The fourth-order valence-corrected chi connectivity index (χ4v) is 1.65. The van der Waals surface area contributed by atoms with Gasteiger partial charge in [0.25, 0.3) is 0 Å². The number of benzene rings is 1. The molecule has 7 heteroatoms. The van der Waals surface area contributed by atoms with E-state index in [0.717, 1.165) is 10.9 Å². The molecule has 0 spiro atoms. The number of amides is 2. The molecule has 2 aromatic rings. The lowest BCUT2D eigenvalue weighted by molar-refractivity contribution is -0.140. The van der Waals surface area contributed by atoms with Crippen molar-refractivity contribution < 1.29 is 19.8 Å². The van der Waals surface area contributed by atoms with Crippen molar-refractivity contribution in [3.63, 3.8) is 0 Å². The van der Waals surface area contributed by atoms with E-state index in [1.54, 1.807) is 6.07 Å². The minimum absolute atomic E-state index is 0.434. The molecule has 0 fully saturated rings. The zero-order valence-corrected chi connectivity index (χ0v) is 10.4. The molecule has 1 atom stereocenters. The quantitative estimate of drug-likeness (QED) is 0.659. The number of nitrogens with one attached hydrogen (secondary N) is 2. The van der Waals surface area contributed by atoms with Crippen LogP contribution in [0.3, 0.4) is 0 Å². The van der Waals surface area contributed by atoms with E-state index >= 15 is 0 Å². The molecule has 2 amide bonds. The Kier molecular flexibility index (Phi) is 4.11. The first-order valence-corrected chi connectivity index (χ1v) is 5.86. The average molecular weight is 275 g/mol. The summed E-state index contributed by atoms with van der Waals surface area (Å²) in [6, 6.07) is 7.04. The van der Waals surface area contributed by atoms with Crippen molar-refractivity contribution in [2.45, 2.75) is 6.04 Å². The summed E-state index contributed by atoms with van der Waals surface area (Å²) >= 11 is 0. The predicted molar refractivity (Wildman–Crippen MR) is 72.4 cm³/mol. The summed E-state index contributed by atoms with van der Waals surface area (Å²) in [5, 5.41) is 23.0. The van der Waals surface area contributed by atoms with Gasteiger partial charge in [0.15, 0.2) is 6.04 Å². The number of carboxylic acids is 1. The molecule has 20 heavy (non-hydrogen) atoms. The first-order chi connectivity index (χ1) is 9.60. The van der Waals surface area contributed by atoms with Gasteiger partial charge >= 0.3 is 12.0 Å². The van der Waals surface area contributed by atoms with Crippen LogP contribution in [-0.2, 0) is 4.79 Å². The molecule has 0 aliphatic carbocycles. The maximum Gasteiger partial charge on any atom is 0.328 e. The second-order valence-electron chi connectivity index (χ2n) is 4.09. The third-order valence-electron chi connectivity index (χ3n) is 2.63. The molecule has 1 aromatic heterocycles. The highest BCUT2D eigenvalue weighted by atomic mass is 16.4. The zero-order chi connectivity index (χ0) is 14.5. The number of aliphatic carboxylic acids is 1. The Morgan fingerprint density at radius 1 is 1.30 bits per heavy atom. The number of rotatable bonds is 4. The van der Waals surface area contributed by atoms with E-state index in [0.29, 0.717) is 5.69 Å². The number of carbonyl (C=O) groups excluding carboxylic acids is 1. The van der Waals surface area contributed by atoms with Gasteiger partial charge in [0, 0.05) is 5.39 Å². The summed E-state index contributed by atoms with van der Waals surface area (Å²) in [4.78, 5) is 26.4. The monoisotopic (exact) mass is 275 g/mol. The second kappa shape index (κ2) is 5.98. The number of anilines is 1. The van der Waals surface area contributed by atoms with Crippen molar-refractivity contribution in [1.29, 1.82) is 0 Å². The van der Waals surface area contributed by atoms with Crippen LogP contribution in [0.15, 0.2) is 36.5 Å². The molecule has 0 aliphatic heterocycles. The lowest BCUT2D eigenvalue weighted by atomic mass is 10.2. The number of pyridine rings is 1. The van der Waals surface area contributed by atoms with Crippen LogP contribution < -0.4 is 10.6 Å². The van der Waals surface area contributed by atoms with Gasteiger partial charge in [-0.1, -0.05) is 18.2 Å². The van der Waals surface area contributed by atoms with Crippen molar-refractivity contribution in [2.75, 3.05) is 11.9 Å². The molecule has 1 heterocycles. The number of hydrogen-bond donors (Lipinski definition) is 4. The summed E-state index contributed by atoms with van der Waals surface area (Å²) in [5.74, 6) is -1.31. The number of para-hydroxylation sites is 1. The lowest BCUT2D eigenvalue weighted by Gasteiger charge is -2.12. The number of nitrogens with zero attached hydrogens (tertiary/aromatic N) is 1. The summed E-state index contributed by atoms with van der Waals surface area (Å²) in [7, 11) is 0. The number of fused-ring (bicyclic) bond motifs is 1. The Bertz CT molecular complexity index is 644. The Balaban J connectivity index is 2.07. The molecule has 0 radical (unpaired) electrons. The van der Waals surface area contributed by atoms with Gasteiger partial charge in [-0.3, -0.25) is 4.98 Å². The normalized spacial score (nSPS) is 11.8. The summed E-state index contributed by atoms with van der Waals surface area (Å²) in [6.07, 6.45) is 1.47. The number of aliphatic hydroxyl groups excluding tert-OH is 1. The van der Waals surface area contributed by atoms with E-state index in [9.17, 15) is 9.59 Å². The molecule has 4 N–H and O–H groups in total. The van der Waals surface area contributed by atoms with E-state index in [1.165, 1.54) is 6.20 Å². The average Bonchev–Trinajstić information content (AvgIpc) is 2.44. The summed E-state index contributed by atoms with van der Waals surface area (Å²) in [5.41, 5.74) is 1.22. The largest absolute Gasteiger partial charge is 0.480 e. The van der Waals surface area contributed by atoms with Crippen LogP contribution in [0.5, 0.6) is 0 Å². The molecule has 1 unspecified atom stereocenters. The predicted octanol–water partition coefficient (Wildman–Crippen LogP) is 0.802. The minimum atomic E-state index is -1.34. The Morgan fingerprint density at radius 2 is 2.05 bits per heavy atom. The molecule has 0 saturated carbocycles. The van der Waals surface area contributed by atoms with Gasteiger partial charge in [0.2, 0.25) is 0 Å². The lowest BCUT2D eigenvalue weighted by Crippen LogP contribution is -2.45. The zero-order valence-electron chi connectivity index (χ0n) is 10.4. The molecular weight excluding hydrogens is 262 g/mol. The fraction of sp³-hybridized carbons (Fsp3) is 0.154. The highest BCUT2D eigenvalue weighted by Crippen LogP contribution is 2.15. The standard InChI is InChI=1S/C13H13N3O4/c17-7-11(12(18)19)16-13(20)15-9-5-8-3-1-2-4-10(8)14-6-9/h1-6,11,17H,7H2,(H,18,19)(H2,15,16,20). The van der Waals surface area contributed by atoms with Crippen LogP contribution in [0.2, 0.25) is 0 Å². The van der Waals surface area contributed by atoms with Gasteiger partial charge in [-0.2, -0.15) is 0 Å². The number of carbonyl (C=O) groups is 2. The maximum atomic E-state index is 11.6. The molecule has 0 saturated heterocycles. The van der Waals surface area contributed by atoms with E-state index in [-0.39, 0.29) is 0 Å². The van der Waals surface area contributed by atoms with Crippen LogP contribution in [0, 0.1) is 0 Å². The fourth-order valence-electron chi connectivity index (χ4n) is 1.65. The number of urea groups is 1. The molecular formula is C13H13N3O4. The van der Waals surface area contributed by atoms with Crippen LogP contribution in [0.1, 0.15) is 0 Å². The molecule has 0 bridgehead atoms. The minimum Gasteiger partial charge on any atom is -0.480 e.